The van der Waals surface area contributed by atoms with E-state index in [2.05, 4.69) is 5.32 Å². The average Bonchev–Trinajstić information content (AvgIpc) is 3.58. The molecule has 1 saturated heterocycles. The fourth-order valence-corrected chi connectivity index (χ4v) is 6.75. The molecule has 3 atom stereocenters. The van der Waals surface area contributed by atoms with Crippen molar-refractivity contribution in [3.05, 3.63) is 64.6 Å². The Balaban J connectivity index is 1.57. The molecule has 0 spiro atoms. The van der Waals surface area contributed by atoms with Crippen LogP contribution in [-0.2, 0) is 45.8 Å². The first kappa shape index (κ1) is 36.0. The van der Waals surface area contributed by atoms with E-state index in [-0.39, 0.29) is 53.4 Å². The number of nitrogens with zero attached hydrogens (tertiary/aromatic N) is 2. The lowest BCUT2D eigenvalue weighted by Gasteiger charge is -2.24. The molecule has 1 N–H and O–H groups in total. The molecule has 0 aliphatic carbocycles. The Morgan fingerprint density at radius 3 is 2.57 bits per heavy atom. The fourth-order valence-electron chi connectivity index (χ4n) is 5.12. The minimum atomic E-state index is -4.09. The second kappa shape index (κ2) is 15.4. The van der Waals surface area contributed by atoms with Crippen LogP contribution in [0.25, 0.3) is 10.9 Å². The summed E-state index contributed by atoms with van der Waals surface area (Å²) in [5.74, 6) is -2.31. The van der Waals surface area contributed by atoms with Gasteiger partial charge in [-0.1, -0.05) is 29.8 Å². The summed E-state index contributed by atoms with van der Waals surface area (Å²) in [5.41, 5.74) is 0.687. The minimum absolute atomic E-state index is 0.0310. The van der Waals surface area contributed by atoms with E-state index in [0.717, 1.165) is 4.90 Å². The van der Waals surface area contributed by atoms with E-state index in [1.165, 1.54) is 54.1 Å². The largest absolute Gasteiger partial charge is 0.510 e. The third-order valence-electron chi connectivity index (χ3n) is 7.26. The molecule has 12 nitrogen and oxygen atoms in total. The molecule has 16 heteroatoms. The summed E-state index contributed by atoms with van der Waals surface area (Å²) in [6.45, 7) is 4.42. The summed E-state index contributed by atoms with van der Waals surface area (Å²) < 4.78 is 64.6. The second-order valence-corrected chi connectivity index (χ2v) is 13.4. The van der Waals surface area contributed by atoms with E-state index < -0.39 is 63.0 Å². The lowest BCUT2D eigenvalue weighted by atomic mass is 10.1. The number of benzene rings is 2. The van der Waals surface area contributed by atoms with Gasteiger partial charge in [0.25, 0.3) is 0 Å². The number of alkyl halides is 1. The maximum Gasteiger partial charge on any atom is 0.510 e. The lowest BCUT2D eigenvalue weighted by Crippen LogP contribution is -2.46. The monoisotopic (exact) mass is 697 g/mol. The zero-order valence-electron chi connectivity index (χ0n) is 26.2. The predicted molar refractivity (Wildman–Crippen MR) is 168 cm³/mol. The highest BCUT2D eigenvalue weighted by Crippen LogP contribution is 2.47. The molecule has 4 rings (SSSR count). The van der Waals surface area contributed by atoms with Gasteiger partial charge in [-0.2, -0.15) is 0 Å². The van der Waals surface area contributed by atoms with Gasteiger partial charge in [-0.25, -0.2) is 13.6 Å². The van der Waals surface area contributed by atoms with Gasteiger partial charge in [0.1, 0.15) is 24.6 Å². The Bertz CT molecular complexity index is 1720. The van der Waals surface area contributed by atoms with Crippen molar-refractivity contribution in [2.24, 2.45) is 0 Å². The molecule has 1 fully saturated rings. The number of likely N-dealkylation sites (tertiary alicyclic amines) is 1. The molecule has 1 aliphatic rings. The van der Waals surface area contributed by atoms with Gasteiger partial charge in [-0.15, -0.1) is 0 Å². The number of hydrogen-bond acceptors (Lipinski definition) is 9. The molecule has 47 heavy (non-hydrogen) atoms. The van der Waals surface area contributed by atoms with Crippen molar-refractivity contribution in [3.63, 3.8) is 0 Å². The summed E-state index contributed by atoms with van der Waals surface area (Å²) in [5, 5.41) is 2.91. The van der Waals surface area contributed by atoms with Gasteiger partial charge < -0.3 is 28.8 Å². The molecule has 1 aliphatic heterocycles. The minimum Gasteiger partial charge on any atom is -0.432 e. The number of hydrogen-bond donors (Lipinski definition) is 1. The summed E-state index contributed by atoms with van der Waals surface area (Å²) in [6.07, 6.45) is -1.78. The number of nitrogens with one attached hydrogen (secondary N) is 1. The van der Waals surface area contributed by atoms with Crippen molar-refractivity contribution in [2.75, 3.05) is 19.9 Å². The summed E-state index contributed by atoms with van der Waals surface area (Å²) in [6, 6.07) is 7.53. The van der Waals surface area contributed by atoms with Crippen LogP contribution in [0.1, 0.15) is 50.0 Å². The normalized spacial score (nSPS) is 17.5. The number of ketones is 1. The molecule has 2 heterocycles. The van der Waals surface area contributed by atoms with Gasteiger partial charge in [-0.3, -0.25) is 23.5 Å². The summed E-state index contributed by atoms with van der Waals surface area (Å²) in [7, 11) is -4.09. The maximum absolute atomic E-state index is 14.6. The van der Waals surface area contributed by atoms with Crippen LogP contribution < -0.4 is 10.6 Å². The molecular weight excluding hydrogens is 663 g/mol. The van der Waals surface area contributed by atoms with Crippen molar-refractivity contribution in [3.8, 4) is 0 Å². The van der Waals surface area contributed by atoms with Crippen LogP contribution in [0.3, 0.4) is 0 Å². The number of Topliss-reactive ketones (excluding diaryl/α,β-unsaturated/α-hetero) is 1. The van der Waals surface area contributed by atoms with Crippen LogP contribution in [-0.4, -0.2) is 71.5 Å². The number of halogens is 3. The lowest BCUT2D eigenvalue weighted by molar-refractivity contribution is -0.139. The number of rotatable bonds is 13. The molecule has 3 aromatic rings. The van der Waals surface area contributed by atoms with Crippen LogP contribution in [0.2, 0.25) is 5.02 Å². The number of amides is 2. The van der Waals surface area contributed by atoms with Gasteiger partial charge in [0.05, 0.1) is 35.1 Å². The Hall–Kier alpha value is -3.84. The highest BCUT2D eigenvalue weighted by Gasteiger charge is 2.40. The zero-order chi connectivity index (χ0) is 34.5. The number of aromatic nitrogens is 1. The Morgan fingerprint density at radius 2 is 1.89 bits per heavy atom. The summed E-state index contributed by atoms with van der Waals surface area (Å²) in [4.78, 5) is 52.0. The van der Waals surface area contributed by atoms with Crippen LogP contribution in [0.15, 0.2) is 42.6 Å². The van der Waals surface area contributed by atoms with Gasteiger partial charge in [-0.05, 0) is 45.9 Å². The van der Waals surface area contributed by atoms with E-state index >= 15 is 0 Å². The van der Waals surface area contributed by atoms with Gasteiger partial charge >= 0.3 is 13.8 Å². The highest BCUT2D eigenvalue weighted by molar-refractivity contribution is 7.62. The van der Waals surface area contributed by atoms with Crippen molar-refractivity contribution in [1.29, 1.82) is 0 Å². The molecule has 0 radical (unpaired) electrons. The third-order valence-corrected chi connectivity index (χ3v) is 9.50. The SMILES string of the molecule is CCOP(=O)(OCOC(=O)OC(C)C)c1ccc2c(C(C)=O)cn(CC(=O)N3C[C@H](F)C[C@H]3C(=O)NCc3cccc(Cl)c3F)c2c1. The first-order valence-electron chi connectivity index (χ1n) is 14.7. The van der Waals surface area contributed by atoms with Gasteiger partial charge in [0.2, 0.25) is 18.6 Å². The Morgan fingerprint density at radius 1 is 1.15 bits per heavy atom. The standard InChI is InChI=1S/C31H35ClF2N3O9P/c1-5-44-47(42,45-17-43-31(41)46-18(2)3)22-9-10-23-24(19(4)38)15-36(26(23)12-22)16-28(39)37-14-21(33)11-27(37)30(40)35-13-20-7-6-8-25(32)29(20)34/h6-10,12,15,18,21,27H,5,11,13-14,16-17H2,1-4H3,(H,35,40)/t21-,27+,47?/m1/s1. The molecule has 0 bridgehead atoms. The number of carbonyl (C=O) groups excluding carboxylic acids is 4. The molecule has 1 aromatic heterocycles. The molecule has 0 saturated carbocycles. The molecule has 254 valence electrons. The number of fused-ring (bicyclic) bond motifs is 1. The predicted octanol–water partition coefficient (Wildman–Crippen LogP) is 5.28. The van der Waals surface area contributed by atoms with E-state index in [9.17, 15) is 32.5 Å². The molecule has 2 amide bonds. The second-order valence-electron chi connectivity index (χ2n) is 11.0. The zero-order valence-corrected chi connectivity index (χ0v) is 27.8. The van der Waals surface area contributed by atoms with E-state index in [0.29, 0.717) is 10.9 Å². The van der Waals surface area contributed by atoms with Crippen LogP contribution >= 0.6 is 19.2 Å². The highest BCUT2D eigenvalue weighted by atomic mass is 35.5. The summed E-state index contributed by atoms with van der Waals surface area (Å²) >= 11 is 5.81. The Kier molecular flexibility index (Phi) is 11.8. The first-order valence-corrected chi connectivity index (χ1v) is 16.7. The van der Waals surface area contributed by atoms with Crippen molar-refractivity contribution in [1.82, 2.24) is 14.8 Å². The maximum atomic E-state index is 14.6. The quantitative estimate of drug-likeness (QED) is 0.109. The Labute approximate surface area is 274 Å². The van der Waals surface area contributed by atoms with Crippen molar-refractivity contribution in [2.45, 2.75) is 65.5 Å². The van der Waals surface area contributed by atoms with E-state index in [4.69, 9.17) is 30.1 Å². The van der Waals surface area contributed by atoms with Crippen molar-refractivity contribution >= 4 is 59.2 Å². The fraction of sp³-hybridized carbons (Fsp3) is 0.419. The van der Waals surface area contributed by atoms with Crippen molar-refractivity contribution < 1.29 is 51.0 Å². The number of carbonyl (C=O) groups is 4. The molecule has 2 aromatic carbocycles. The third kappa shape index (κ3) is 8.55. The van der Waals surface area contributed by atoms with E-state index in [1.807, 2.05) is 0 Å². The van der Waals surface area contributed by atoms with Crippen LogP contribution in [0.4, 0.5) is 13.6 Å². The first-order chi connectivity index (χ1) is 22.2. The van der Waals surface area contributed by atoms with E-state index in [1.54, 1.807) is 20.8 Å². The van der Waals surface area contributed by atoms with Crippen LogP contribution in [0, 0.1) is 5.82 Å². The number of ether oxygens (including phenoxy) is 2. The average molecular weight is 698 g/mol. The van der Waals surface area contributed by atoms with Crippen LogP contribution in [0.5, 0.6) is 0 Å². The molecular formula is C31H35ClF2N3O9P. The van der Waals surface area contributed by atoms with Gasteiger partial charge in [0.15, 0.2) is 5.78 Å². The smallest absolute Gasteiger partial charge is 0.432 e. The molecule has 1 unspecified atom stereocenters. The van der Waals surface area contributed by atoms with Gasteiger partial charge in [0, 0.05) is 35.7 Å². The topological polar surface area (TPSA) is 142 Å².